The quantitative estimate of drug-likeness (QED) is 0.718. The van der Waals surface area contributed by atoms with Crippen molar-refractivity contribution in [1.29, 1.82) is 0 Å². The number of aryl methyl sites for hydroxylation is 1. The van der Waals surface area contributed by atoms with Crippen LogP contribution in [0.15, 0.2) is 36.5 Å². The third-order valence-electron chi connectivity index (χ3n) is 3.94. The Morgan fingerprint density at radius 1 is 1.00 bits per heavy atom. The average molecular weight is 298 g/mol. The molecule has 1 heterocycles. The molecule has 0 aliphatic heterocycles. The predicted octanol–water partition coefficient (Wildman–Crippen LogP) is 4.90. The van der Waals surface area contributed by atoms with Crippen molar-refractivity contribution in [3.8, 4) is 11.3 Å². The van der Waals surface area contributed by atoms with E-state index in [1.165, 1.54) is 21.9 Å². The Bertz CT molecular complexity index is 645. The highest BCUT2D eigenvalue weighted by atomic mass is 28.3. The van der Waals surface area contributed by atoms with Crippen LogP contribution < -0.4 is 5.19 Å². The van der Waals surface area contributed by atoms with Crippen molar-refractivity contribution in [1.82, 2.24) is 4.98 Å². The highest BCUT2D eigenvalue weighted by Gasteiger charge is 2.20. The molecular formula is C19H27NSi. The summed E-state index contributed by atoms with van der Waals surface area (Å²) in [6.07, 6.45) is 2.10. The van der Waals surface area contributed by atoms with Crippen molar-refractivity contribution in [2.45, 2.75) is 52.8 Å². The summed E-state index contributed by atoms with van der Waals surface area (Å²) in [5.41, 5.74) is 5.20. The van der Waals surface area contributed by atoms with E-state index in [0.717, 1.165) is 5.69 Å². The third-order valence-corrected chi connectivity index (χ3v) is 6.08. The van der Waals surface area contributed by atoms with Crippen molar-refractivity contribution in [3.05, 3.63) is 47.7 Å². The Morgan fingerprint density at radius 2 is 1.67 bits per heavy atom. The Hall–Kier alpha value is -1.41. The number of hydrogen-bond acceptors (Lipinski definition) is 1. The molecule has 0 atom stereocenters. The third kappa shape index (κ3) is 3.62. The Balaban J connectivity index is 2.47. The molecule has 0 saturated heterocycles. The molecular weight excluding hydrogens is 270 g/mol. The van der Waals surface area contributed by atoms with Gasteiger partial charge in [-0.2, -0.15) is 0 Å². The van der Waals surface area contributed by atoms with Crippen LogP contribution in [-0.2, 0) is 5.41 Å². The van der Waals surface area contributed by atoms with Crippen LogP contribution in [0.1, 0.15) is 31.9 Å². The molecule has 0 spiro atoms. The molecule has 0 fully saturated rings. The maximum Gasteiger partial charge on any atom is 0.0799 e. The van der Waals surface area contributed by atoms with E-state index in [-0.39, 0.29) is 5.41 Å². The van der Waals surface area contributed by atoms with Gasteiger partial charge in [0.2, 0.25) is 0 Å². The van der Waals surface area contributed by atoms with E-state index >= 15 is 0 Å². The first-order chi connectivity index (χ1) is 9.59. The summed E-state index contributed by atoms with van der Waals surface area (Å²) in [5.74, 6) is 0. The number of rotatable bonds is 2. The maximum atomic E-state index is 4.73. The minimum atomic E-state index is -1.31. The predicted molar refractivity (Wildman–Crippen MR) is 96.1 cm³/mol. The summed E-state index contributed by atoms with van der Waals surface area (Å²) in [7, 11) is -1.31. The zero-order valence-electron chi connectivity index (χ0n) is 14.4. The van der Waals surface area contributed by atoms with Gasteiger partial charge < -0.3 is 0 Å². The van der Waals surface area contributed by atoms with E-state index in [9.17, 15) is 0 Å². The standard InChI is InChI=1S/C19H27NSi/c1-14-11-17(20-13-18(14)21(5,6)7)15-9-8-10-16(12-15)19(2,3)4/h8-13H,1-7H3. The molecule has 0 amide bonds. The van der Waals surface area contributed by atoms with Crippen LogP contribution in [0.2, 0.25) is 19.6 Å². The van der Waals surface area contributed by atoms with Crippen LogP contribution >= 0.6 is 0 Å². The van der Waals surface area contributed by atoms with Crippen LogP contribution in [0.3, 0.4) is 0 Å². The van der Waals surface area contributed by atoms with Crippen LogP contribution in [0, 0.1) is 6.92 Å². The van der Waals surface area contributed by atoms with Gasteiger partial charge in [0.15, 0.2) is 0 Å². The van der Waals surface area contributed by atoms with Gasteiger partial charge in [-0.3, -0.25) is 4.98 Å². The second kappa shape index (κ2) is 5.41. The molecule has 0 N–H and O–H groups in total. The van der Waals surface area contributed by atoms with E-state index in [1.54, 1.807) is 0 Å². The lowest BCUT2D eigenvalue weighted by Gasteiger charge is -2.21. The van der Waals surface area contributed by atoms with Crippen LogP contribution in [0.4, 0.5) is 0 Å². The topological polar surface area (TPSA) is 12.9 Å². The van der Waals surface area contributed by atoms with E-state index in [1.807, 2.05) is 0 Å². The van der Waals surface area contributed by atoms with Gasteiger partial charge >= 0.3 is 0 Å². The van der Waals surface area contributed by atoms with Gasteiger partial charge in [-0.15, -0.1) is 0 Å². The number of hydrogen-bond donors (Lipinski definition) is 0. The number of pyridine rings is 1. The monoisotopic (exact) mass is 297 g/mol. The van der Waals surface area contributed by atoms with Crippen molar-refractivity contribution in [3.63, 3.8) is 0 Å². The molecule has 0 aliphatic carbocycles. The lowest BCUT2D eigenvalue weighted by atomic mass is 9.86. The molecule has 0 radical (unpaired) electrons. The van der Waals surface area contributed by atoms with Crippen molar-refractivity contribution >= 4 is 13.3 Å². The molecule has 1 nitrogen and oxygen atoms in total. The lowest BCUT2D eigenvalue weighted by molar-refractivity contribution is 0.590. The summed E-state index contributed by atoms with van der Waals surface area (Å²) < 4.78 is 0. The summed E-state index contributed by atoms with van der Waals surface area (Å²) in [4.78, 5) is 4.73. The van der Waals surface area contributed by atoms with Crippen molar-refractivity contribution in [2.75, 3.05) is 0 Å². The SMILES string of the molecule is Cc1cc(-c2cccc(C(C)(C)C)c2)ncc1[Si](C)(C)C. The largest absolute Gasteiger partial charge is 0.256 e. The molecule has 2 aromatic rings. The van der Waals surface area contributed by atoms with Gasteiger partial charge in [-0.05, 0) is 40.8 Å². The fourth-order valence-electron chi connectivity index (χ4n) is 2.64. The Morgan fingerprint density at radius 3 is 2.19 bits per heavy atom. The Kier molecular flexibility index (Phi) is 4.12. The van der Waals surface area contributed by atoms with Gasteiger partial charge in [-0.1, -0.05) is 58.6 Å². The van der Waals surface area contributed by atoms with Crippen LogP contribution in [-0.4, -0.2) is 13.1 Å². The molecule has 0 unspecified atom stereocenters. The zero-order valence-corrected chi connectivity index (χ0v) is 15.4. The van der Waals surface area contributed by atoms with E-state index < -0.39 is 8.07 Å². The average Bonchev–Trinajstić information content (AvgIpc) is 2.36. The Labute approximate surface area is 130 Å². The number of benzene rings is 1. The molecule has 2 heteroatoms. The second-order valence-corrected chi connectivity index (χ2v) is 13.0. The van der Waals surface area contributed by atoms with Gasteiger partial charge in [0.05, 0.1) is 13.8 Å². The van der Waals surface area contributed by atoms with Gasteiger partial charge in [-0.25, -0.2) is 0 Å². The minimum Gasteiger partial charge on any atom is -0.256 e. The van der Waals surface area contributed by atoms with Gasteiger partial charge in [0, 0.05) is 11.8 Å². The number of aromatic nitrogens is 1. The van der Waals surface area contributed by atoms with E-state index in [4.69, 9.17) is 4.98 Å². The highest BCUT2D eigenvalue weighted by Crippen LogP contribution is 2.27. The molecule has 2 rings (SSSR count). The number of nitrogens with zero attached hydrogens (tertiary/aromatic N) is 1. The van der Waals surface area contributed by atoms with E-state index in [2.05, 4.69) is 83.9 Å². The van der Waals surface area contributed by atoms with Crippen molar-refractivity contribution < 1.29 is 0 Å². The van der Waals surface area contributed by atoms with Crippen LogP contribution in [0.5, 0.6) is 0 Å². The molecule has 1 aromatic heterocycles. The lowest BCUT2D eigenvalue weighted by Crippen LogP contribution is -2.39. The van der Waals surface area contributed by atoms with Gasteiger partial charge in [0.25, 0.3) is 0 Å². The smallest absolute Gasteiger partial charge is 0.0799 e. The first-order valence-corrected chi connectivity index (χ1v) is 11.2. The molecule has 112 valence electrons. The first kappa shape index (κ1) is 16.0. The van der Waals surface area contributed by atoms with E-state index in [0.29, 0.717) is 0 Å². The second-order valence-electron chi connectivity index (χ2n) is 7.97. The molecule has 21 heavy (non-hydrogen) atoms. The molecule has 0 saturated carbocycles. The fraction of sp³-hybridized carbons (Fsp3) is 0.421. The highest BCUT2D eigenvalue weighted by molar-refractivity contribution is 6.89. The van der Waals surface area contributed by atoms with Crippen LogP contribution in [0.25, 0.3) is 11.3 Å². The van der Waals surface area contributed by atoms with Gasteiger partial charge in [0.1, 0.15) is 0 Å². The first-order valence-electron chi connectivity index (χ1n) is 7.67. The minimum absolute atomic E-state index is 0.170. The van der Waals surface area contributed by atoms with Crippen molar-refractivity contribution in [2.24, 2.45) is 0 Å². The summed E-state index contributed by atoms with van der Waals surface area (Å²) in [6.45, 7) is 16.1. The molecule has 1 aromatic carbocycles. The summed E-state index contributed by atoms with van der Waals surface area (Å²) in [6, 6.07) is 11.0. The molecule has 0 aliphatic rings. The zero-order chi connectivity index (χ0) is 15.8. The molecule has 0 bridgehead atoms. The normalized spacial score (nSPS) is 12.5. The fourth-order valence-corrected chi connectivity index (χ4v) is 4.35. The maximum absolute atomic E-state index is 4.73. The summed E-state index contributed by atoms with van der Waals surface area (Å²) >= 11 is 0. The summed E-state index contributed by atoms with van der Waals surface area (Å²) in [5, 5.41) is 1.46.